The van der Waals surface area contributed by atoms with Crippen LogP contribution in [0.2, 0.25) is 0 Å². The number of nitriles is 1. The smallest absolute Gasteiger partial charge is 0.179 e. The highest BCUT2D eigenvalue weighted by molar-refractivity contribution is 7.91. The molecular weight excluding hydrogens is 276 g/mol. The van der Waals surface area contributed by atoms with Gasteiger partial charge in [-0.2, -0.15) is 5.26 Å². The average Bonchev–Trinajstić information content (AvgIpc) is 2.38. The minimum atomic E-state index is -3.34. The minimum Gasteiger partial charge on any atom is -0.383 e. The van der Waals surface area contributed by atoms with Crippen molar-refractivity contribution in [2.75, 3.05) is 26.0 Å². The van der Waals surface area contributed by atoms with E-state index in [1.165, 1.54) is 24.3 Å². The fraction of sp³-hybridized carbons (Fsp3) is 0.500. The first-order chi connectivity index (χ1) is 9.30. The number of nitrogens with one attached hydrogen (secondary N) is 1. The molecular formula is C14H20N2O3S. The van der Waals surface area contributed by atoms with Crippen LogP contribution in [0.1, 0.15) is 19.4 Å². The maximum Gasteiger partial charge on any atom is 0.179 e. The highest BCUT2D eigenvalue weighted by Gasteiger charge is 2.19. The van der Waals surface area contributed by atoms with Gasteiger partial charge in [0.15, 0.2) is 9.84 Å². The third kappa shape index (κ3) is 4.93. The highest BCUT2D eigenvalue weighted by atomic mass is 32.2. The summed E-state index contributed by atoms with van der Waals surface area (Å²) >= 11 is 0. The van der Waals surface area contributed by atoms with E-state index in [1.54, 1.807) is 7.11 Å². The predicted molar refractivity (Wildman–Crippen MR) is 77.2 cm³/mol. The van der Waals surface area contributed by atoms with Crippen molar-refractivity contribution in [3.05, 3.63) is 29.8 Å². The molecule has 1 aromatic rings. The Morgan fingerprint density at radius 3 is 2.40 bits per heavy atom. The van der Waals surface area contributed by atoms with Crippen molar-refractivity contribution < 1.29 is 13.2 Å². The number of methoxy groups -OCH3 is 1. The van der Waals surface area contributed by atoms with Crippen LogP contribution < -0.4 is 5.32 Å². The lowest BCUT2D eigenvalue weighted by Crippen LogP contribution is -2.45. The van der Waals surface area contributed by atoms with Gasteiger partial charge in [-0.05, 0) is 38.1 Å². The molecule has 0 atom stereocenters. The fourth-order valence-corrected chi connectivity index (χ4v) is 2.95. The molecule has 0 aromatic heterocycles. The van der Waals surface area contributed by atoms with Crippen LogP contribution >= 0.6 is 0 Å². The molecule has 1 aromatic carbocycles. The van der Waals surface area contributed by atoms with Gasteiger partial charge in [0, 0.05) is 19.2 Å². The molecule has 0 bridgehead atoms. The van der Waals surface area contributed by atoms with Gasteiger partial charge in [-0.3, -0.25) is 0 Å². The van der Waals surface area contributed by atoms with Crippen molar-refractivity contribution in [2.24, 2.45) is 0 Å². The van der Waals surface area contributed by atoms with Crippen LogP contribution in [-0.2, 0) is 14.6 Å². The predicted octanol–water partition coefficient (Wildman–Crippen LogP) is 1.35. The Balaban J connectivity index is 2.64. The molecule has 0 saturated carbocycles. The fourth-order valence-electron chi connectivity index (χ4n) is 1.79. The third-order valence-electron chi connectivity index (χ3n) is 2.82. The summed E-state index contributed by atoms with van der Waals surface area (Å²) in [6.07, 6.45) is 0. The maximum absolute atomic E-state index is 12.1. The molecule has 1 rings (SSSR count). The van der Waals surface area contributed by atoms with E-state index >= 15 is 0 Å². The molecule has 5 nitrogen and oxygen atoms in total. The van der Waals surface area contributed by atoms with Gasteiger partial charge in [-0.15, -0.1) is 0 Å². The van der Waals surface area contributed by atoms with Crippen LogP contribution in [0.25, 0.3) is 0 Å². The Morgan fingerprint density at radius 1 is 1.30 bits per heavy atom. The van der Waals surface area contributed by atoms with E-state index in [-0.39, 0.29) is 16.2 Å². The maximum atomic E-state index is 12.1. The first-order valence-electron chi connectivity index (χ1n) is 6.28. The molecule has 0 aliphatic heterocycles. The molecule has 0 radical (unpaired) electrons. The van der Waals surface area contributed by atoms with Crippen LogP contribution in [0.5, 0.6) is 0 Å². The van der Waals surface area contributed by atoms with Crippen molar-refractivity contribution in [3.63, 3.8) is 0 Å². The van der Waals surface area contributed by atoms with Crippen molar-refractivity contribution in [1.29, 1.82) is 5.26 Å². The molecule has 0 amide bonds. The van der Waals surface area contributed by atoms with Crippen LogP contribution in [0.3, 0.4) is 0 Å². The Kier molecular flexibility index (Phi) is 5.69. The van der Waals surface area contributed by atoms with Crippen LogP contribution in [0, 0.1) is 11.3 Å². The summed E-state index contributed by atoms with van der Waals surface area (Å²) in [7, 11) is -1.73. The van der Waals surface area contributed by atoms with Crippen molar-refractivity contribution in [1.82, 2.24) is 5.32 Å². The van der Waals surface area contributed by atoms with Gasteiger partial charge in [-0.25, -0.2) is 8.42 Å². The van der Waals surface area contributed by atoms with Gasteiger partial charge < -0.3 is 10.1 Å². The van der Waals surface area contributed by atoms with Crippen molar-refractivity contribution >= 4 is 9.84 Å². The van der Waals surface area contributed by atoms with Crippen molar-refractivity contribution in [2.45, 2.75) is 24.3 Å². The first kappa shape index (κ1) is 16.6. The zero-order chi connectivity index (χ0) is 15.2. The molecule has 0 unspecified atom stereocenters. The number of hydrogen-bond acceptors (Lipinski definition) is 5. The zero-order valence-corrected chi connectivity index (χ0v) is 12.8. The molecule has 0 aliphatic carbocycles. The molecule has 20 heavy (non-hydrogen) atoms. The minimum absolute atomic E-state index is 0.00600. The third-order valence-corrected chi connectivity index (χ3v) is 4.55. The second-order valence-corrected chi connectivity index (χ2v) is 7.31. The van der Waals surface area contributed by atoms with Gasteiger partial charge in [0.05, 0.1) is 28.9 Å². The lowest BCUT2D eigenvalue weighted by atomic mass is 10.1. The van der Waals surface area contributed by atoms with Gasteiger partial charge in [0.25, 0.3) is 0 Å². The summed E-state index contributed by atoms with van der Waals surface area (Å²) in [4.78, 5) is 0.239. The summed E-state index contributed by atoms with van der Waals surface area (Å²) in [5.74, 6) is 0.00600. The Bertz CT molecular complexity index is 571. The van der Waals surface area contributed by atoms with Crippen LogP contribution in [-0.4, -0.2) is 40.0 Å². The zero-order valence-electron chi connectivity index (χ0n) is 12.0. The monoisotopic (exact) mass is 296 g/mol. The lowest BCUT2D eigenvalue weighted by molar-refractivity contribution is 0.130. The van der Waals surface area contributed by atoms with E-state index in [0.29, 0.717) is 18.7 Å². The second-order valence-electron chi connectivity index (χ2n) is 5.20. The number of rotatable bonds is 7. The number of benzene rings is 1. The topological polar surface area (TPSA) is 79.2 Å². The molecule has 1 N–H and O–H groups in total. The van der Waals surface area contributed by atoms with E-state index in [4.69, 9.17) is 10.00 Å². The summed E-state index contributed by atoms with van der Waals surface area (Å²) < 4.78 is 29.3. The van der Waals surface area contributed by atoms with Gasteiger partial charge in [0.2, 0.25) is 0 Å². The average molecular weight is 296 g/mol. The van der Waals surface area contributed by atoms with Gasteiger partial charge >= 0.3 is 0 Å². The van der Waals surface area contributed by atoms with Crippen LogP contribution in [0.15, 0.2) is 29.2 Å². The lowest BCUT2D eigenvalue weighted by Gasteiger charge is -2.25. The first-order valence-corrected chi connectivity index (χ1v) is 7.93. The number of hydrogen-bond donors (Lipinski definition) is 1. The molecule has 0 spiro atoms. The van der Waals surface area contributed by atoms with Crippen LogP contribution in [0.4, 0.5) is 0 Å². The quantitative estimate of drug-likeness (QED) is 0.821. The molecule has 0 aliphatic rings. The van der Waals surface area contributed by atoms with E-state index in [2.05, 4.69) is 5.32 Å². The second kappa shape index (κ2) is 6.84. The molecule has 0 heterocycles. The summed E-state index contributed by atoms with van der Waals surface area (Å²) in [6, 6.07) is 7.91. The number of ether oxygens (including phenoxy) is 1. The Labute approximate surface area is 120 Å². The molecule has 6 heteroatoms. The Morgan fingerprint density at radius 2 is 1.90 bits per heavy atom. The highest BCUT2D eigenvalue weighted by Crippen LogP contribution is 2.12. The molecule has 0 fully saturated rings. The number of nitrogens with zero attached hydrogens (tertiary/aromatic N) is 1. The van der Waals surface area contributed by atoms with E-state index in [9.17, 15) is 8.42 Å². The van der Waals surface area contributed by atoms with Gasteiger partial charge in [-0.1, -0.05) is 0 Å². The largest absolute Gasteiger partial charge is 0.383 e. The van der Waals surface area contributed by atoms with E-state index < -0.39 is 9.84 Å². The SMILES string of the molecule is COCC(C)(C)NCCS(=O)(=O)c1ccc(C#N)cc1. The number of sulfone groups is 1. The van der Waals surface area contributed by atoms with E-state index in [0.717, 1.165) is 0 Å². The molecule has 110 valence electrons. The van der Waals surface area contributed by atoms with Gasteiger partial charge in [0.1, 0.15) is 0 Å². The molecule has 0 saturated heterocycles. The summed E-state index contributed by atoms with van der Waals surface area (Å²) in [6.45, 7) is 4.75. The summed E-state index contributed by atoms with van der Waals surface area (Å²) in [5.41, 5.74) is 0.179. The van der Waals surface area contributed by atoms with E-state index in [1.807, 2.05) is 19.9 Å². The standard InChI is InChI=1S/C14H20N2O3S/c1-14(2,11-19-3)16-8-9-20(17,18)13-6-4-12(10-15)5-7-13/h4-7,16H,8-9,11H2,1-3H3. The van der Waals surface area contributed by atoms with Crippen molar-refractivity contribution in [3.8, 4) is 6.07 Å². The Hall–Kier alpha value is -1.42. The summed E-state index contributed by atoms with van der Waals surface area (Å²) in [5, 5.41) is 11.8. The normalized spacial score (nSPS) is 12.1.